The molecule has 0 bridgehead atoms. The highest BCUT2D eigenvalue weighted by atomic mass is 16.6. The van der Waals surface area contributed by atoms with Gasteiger partial charge in [-0.1, -0.05) is 0 Å². The van der Waals surface area contributed by atoms with Gasteiger partial charge in [0.25, 0.3) is 5.91 Å². The Morgan fingerprint density at radius 3 is 2.40 bits per heavy atom. The standard InChI is InChI=1S/C20H29N3O7/c1-7-29-17-9-8-15(12-16(17)23(27)28)18(25)22(11-10-21-14(3)24)13(2)19(26)30-20(4,5)6/h8-9,12-13H,7,10-11H2,1-6H3,(H,21,24)/t13-/m0/s1. The molecule has 166 valence electrons. The van der Waals surface area contributed by atoms with Crippen LogP contribution in [0.4, 0.5) is 5.69 Å². The Labute approximate surface area is 175 Å². The molecule has 1 rings (SSSR count). The van der Waals surface area contributed by atoms with Crippen LogP contribution in [0.1, 0.15) is 51.9 Å². The van der Waals surface area contributed by atoms with Gasteiger partial charge in [0.1, 0.15) is 11.6 Å². The lowest BCUT2D eigenvalue weighted by Crippen LogP contribution is -2.48. The molecule has 0 saturated carbocycles. The third-order valence-electron chi connectivity index (χ3n) is 3.91. The second-order valence-electron chi connectivity index (χ2n) is 7.56. The monoisotopic (exact) mass is 423 g/mol. The lowest BCUT2D eigenvalue weighted by atomic mass is 10.1. The first-order chi connectivity index (χ1) is 13.9. The summed E-state index contributed by atoms with van der Waals surface area (Å²) < 4.78 is 10.6. The van der Waals surface area contributed by atoms with E-state index in [9.17, 15) is 24.5 Å². The number of nitrogens with one attached hydrogen (secondary N) is 1. The zero-order chi connectivity index (χ0) is 23.1. The molecule has 0 saturated heterocycles. The average Bonchev–Trinajstić information content (AvgIpc) is 2.63. The summed E-state index contributed by atoms with van der Waals surface area (Å²) in [4.78, 5) is 48.8. The van der Waals surface area contributed by atoms with E-state index in [1.54, 1.807) is 27.7 Å². The molecule has 0 aliphatic rings. The number of carbonyl (C=O) groups excluding carboxylic acids is 3. The van der Waals surface area contributed by atoms with Crippen LogP contribution >= 0.6 is 0 Å². The predicted octanol–water partition coefficient (Wildman–Crippen LogP) is 2.30. The number of nitro benzene ring substituents is 1. The fourth-order valence-electron chi connectivity index (χ4n) is 2.57. The third kappa shape index (κ3) is 7.34. The van der Waals surface area contributed by atoms with Crippen molar-refractivity contribution in [3.05, 3.63) is 33.9 Å². The maximum atomic E-state index is 13.1. The van der Waals surface area contributed by atoms with E-state index in [1.165, 1.54) is 30.9 Å². The quantitative estimate of drug-likeness (QED) is 0.367. The number of ether oxygens (including phenoxy) is 2. The smallest absolute Gasteiger partial charge is 0.329 e. The Kier molecular flexibility index (Phi) is 8.75. The highest BCUT2D eigenvalue weighted by Gasteiger charge is 2.31. The Morgan fingerprint density at radius 2 is 1.90 bits per heavy atom. The summed E-state index contributed by atoms with van der Waals surface area (Å²) in [5.41, 5.74) is -1.09. The van der Waals surface area contributed by atoms with Crippen LogP contribution in [0.3, 0.4) is 0 Å². The largest absolute Gasteiger partial charge is 0.487 e. The van der Waals surface area contributed by atoms with E-state index in [-0.39, 0.29) is 42.6 Å². The van der Waals surface area contributed by atoms with Crippen molar-refractivity contribution < 1.29 is 28.8 Å². The number of amides is 2. The number of benzene rings is 1. The zero-order valence-corrected chi connectivity index (χ0v) is 18.2. The van der Waals surface area contributed by atoms with Gasteiger partial charge < -0.3 is 19.7 Å². The molecule has 1 aromatic carbocycles. The van der Waals surface area contributed by atoms with Crippen molar-refractivity contribution in [2.75, 3.05) is 19.7 Å². The van der Waals surface area contributed by atoms with Crippen LogP contribution < -0.4 is 10.1 Å². The van der Waals surface area contributed by atoms with Crippen molar-refractivity contribution in [1.82, 2.24) is 10.2 Å². The minimum Gasteiger partial charge on any atom is -0.487 e. The van der Waals surface area contributed by atoms with E-state index in [4.69, 9.17) is 9.47 Å². The minimum absolute atomic E-state index is 0.0137. The first-order valence-electron chi connectivity index (χ1n) is 9.56. The molecule has 0 fully saturated rings. The van der Waals surface area contributed by atoms with Gasteiger partial charge in [-0.05, 0) is 46.8 Å². The molecule has 0 aliphatic carbocycles. The van der Waals surface area contributed by atoms with E-state index >= 15 is 0 Å². The van der Waals surface area contributed by atoms with Crippen LogP contribution in [0.2, 0.25) is 0 Å². The van der Waals surface area contributed by atoms with Gasteiger partial charge in [0.05, 0.1) is 11.5 Å². The summed E-state index contributed by atoms with van der Waals surface area (Å²) in [7, 11) is 0. The second kappa shape index (κ2) is 10.6. The Morgan fingerprint density at radius 1 is 1.27 bits per heavy atom. The predicted molar refractivity (Wildman–Crippen MR) is 109 cm³/mol. The fourth-order valence-corrected chi connectivity index (χ4v) is 2.57. The molecule has 0 heterocycles. The first-order valence-corrected chi connectivity index (χ1v) is 9.56. The van der Waals surface area contributed by atoms with Gasteiger partial charge in [-0.25, -0.2) is 4.79 Å². The van der Waals surface area contributed by atoms with Gasteiger partial charge in [0.15, 0.2) is 5.75 Å². The van der Waals surface area contributed by atoms with Gasteiger partial charge in [0.2, 0.25) is 5.91 Å². The molecule has 30 heavy (non-hydrogen) atoms. The molecule has 0 aromatic heterocycles. The lowest BCUT2D eigenvalue weighted by Gasteiger charge is -2.30. The normalized spacial score (nSPS) is 11.9. The van der Waals surface area contributed by atoms with Gasteiger partial charge >= 0.3 is 11.7 Å². The zero-order valence-electron chi connectivity index (χ0n) is 18.2. The topological polar surface area (TPSA) is 128 Å². The molecule has 10 heteroatoms. The highest BCUT2D eigenvalue weighted by Crippen LogP contribution is 2.28. The van der Waals surface area contributed by atoms with Crippen molar-refractivity contribution in [1.29, 1.82) is 0 Å². The van der Waals surface area contributed by atoms with E-state index < -0.39 is 28.4 Å². The van der Waals surface area contributed by atoms with Crippen LogP contribution in [0.25, 0.3) is 0 Å². The average molecular weight is 423 g/mol. The highest BCUT2D eigenvalue weighted by molar-refractivity contribution is 5.97. The van der Waals surface area contributed by atoms with E-state index in [2.05, 4.69) is 5.32 Å². The van der Waals surface area contributed by atoms with Gasteiger partial charge in [0, 0.05) is 31.6 Å². The van der Waals surface area contributed by atoms with Crippen molar-refractivity contribution in [3.63, 3.8) is 0 Å². The maximum absolute atomic E-state index is 13.1. The summed E-state index contributed by atoms with van der Waals surface area (Å²) in [5, 5.41) is 13.9. The number of hydrogen-bond acceptors (Lipinski definition) is 7. The van der Waals surface area contributed by atoms with Gasteiger partial charge in [-0.2, -0.15) is 0 Å². The molecule has 10 nitrogen and oxygen atoms in total. The maximum Gasteiger partial charge on any atom is 0.329 e. The molecular weight excluding hydrogens is 394 g/mol. The molecule has 1 N–H and O–H groups in total. The molecule has 0 spiro atoms. The van der Waals surface area contributed by atoms with Gasteiger partial charge in [-0.3, -0.25) is 19.7 Å². The molecule has 0 radical (unpaired) electrons. The first kappa shape index (κ1) is 24.9. The summed E-state index contributed by atoms with van der Waals surface area (Å²) in [6.45, 7) is 9.99. The summed E-state index contributed by atoms with van der Waals surface area (Å²) in [6, 6.07) is 2.88. The van der Waals surface area contributed by atoms with Crippen molar-refractivity contribution in [2.45, 2.75) is 53.2 Å². The molecule has 0 unspecified atom stereocenters. The summed E-state index contributed by atoms with van der Waals surface area (Å²) >= 11 is 0. The fraction of sp³-hybridized carbons (Fsp3) is 0.550. The lowest BCUT2D eigenvalue weighted by molar-refractivity contribution is -0.385. The second-order valence-corrected chi connectivity index (χ2v) is 7.56. The minimum atomic E-state index is -0.976. The number of nitro groups is 1. The molecule has 1 atom stereocenters. The molecular formula is C20H29N3O7. The van der Waals surface area contributed by atoms with Crippen LogP contribution in [0.5, 0.6) is 5.75 Å². The van der Waals surface area contributed by atoms with Crippen LogP contribution in [-0.2, 0) is 14.3 Å². The molecule has 1 aromatic rings. The number of rotatable bonds is 9. The van der Waals surface area contributed by atoms with Crippen molar-refractivity contribution in [3.8, 4) is 5.75 Å². The molecule has 2 amide bonds. The SMILES string of the molecule is CCOc1ccc(C(=O)N(CCNC(C)=O)[C@@H](C)C(=O)OC(C)(C)C)cc1[N+](=O)[O-]. The number of esters is 1. The Balaban J connectivity index is 3.23. The number of nitrogens with zero attached hydrogens (tertiary/aromatic N) is 2. The van der Waals surface area contributed by atoms with E-state index in [0.29, 0.717) is 0 Å². The Bertz CT molecular complexity index is 802. The number of hydrogen-bond donors (Lipinski definition) is 1. The van der Waals surface area contributed by atoms with Crippen LogP contribution in [0.15, 0.2) is 18.2 Å². The third-order valence-corrected chi connectivity index (χ3v) is 3.91. The van der Waals surface area contributed by atoms with Gasteiger partial charge in [-0.15, -0.1) is 0 Å². The Hall–Kier alpha value is -3.17. The van der Waals surface area contributed by atoms with Crippen LogP contribution in [-0.4, -0.2) is 58.9 Å². The van der Waals surface area contributed by atoms with Crippen molar-refractivity contribution >= 4 is 23.5 Å². The van der Waals surface area contributed by atoms with E-state index in [1.807, 2.05) is 0 Å². The number of carbonyl (C=O) groups is 3. The summed E-state index contributed by atoms with van der Waals surface area (Å²) in [6.07, 6.45) is 0. The van der Waals surface area contributed by atoms with Crippen molar-refractivity contribution in [2.24, 2.45) is 0 Å². The summed E-state index contributed by atoms with van der Waals surface area (Å²) in [5.74, 6) is -1.47. The van der Waals surface area contributed by atoms with E-state index in [0.717, 1.165) is 6.07 Å². The van der Waals surface area contributed by atoms with Crippen LogP contribution in [0, 0.1) is 10.1 Å². The molecule has 0 aliphatic heterocycles.